The number of benzene rings is 2. The highest BCUT2D eigenvalue weighted by Crippen LogP contribution is 2.37. The Labute approximate surface area is 170 Å². The molecule has 2 aromatic rings. The molecule has 3 rings (SSSR count). The topological polar surface area (TPSA) is 48.0 Å². The van der Waals surface area contributed by atoms with Crippen LogP contribution in [0.5, 0.6) is 11.5 Å². The van der Waals surface area contributed by atoms with Crippen LogP contribution in [0, 0.1) is 5.82 Å². The van der Waals surface area contributed by atoms with Gasteiger partial charge >= 0.3 is 5.97 Å². The Balaban J connectivity index is 1.87. The second-order valence-corrected chi connectivity index (χ2v) is 7.00. The van der Waals surface area contributed by atoms with Crippen LogP contribution in [0.2, 0.25) is 0 Å². The first-order chi connectivity index (χ1) is 13.0. The molecule has 0 saturated carbocycles. The van der Waals surface area contributed by atoms with Gasteiger partial charge in [0.25, 0.3) is 0 Å². The van der Waals surface area contributed by atoms with Crippen molar-refractivity contribution in [1.82, 2.24) is 4.90 Å². The van der Waals surface area contributed by atoms with Gasteiger partial charge in [0.15, 0.2) is 11.5 Å². The number of morpholine rings is 1. The number of ether oxygens (including phenoxy) is 3. The number of carbonyl (C=O) groups excluding carboxylic acids is 1. The second-order valence-electron chi connectivity index (χ2n) is 5.76. The first kappa shape index (κ1) is 19.7. The molecule has 1 aliphatic rings. The summed E-state index contributed by atoms with van der Waals surface area (Å²) in [6.45, 7) is 2.67. The Morgan fingerprint density at radius 1 is 1.26 bits per heavy atom. The van der Waals surface area contributed by atoms with E-state index in [4.69, 9.17) is 26.4 Å². The third-order valence-corrected chi connectivity index (χ3v) is 5.15. The van der Waals surface area contributed by atoms with E-state index in [2.05, 4.69) is 15.9 Å². The van der Waals surface area contributed by atoms with Gasteiger partial charge in [0, 0.05) is 18.7 Å². The SMILES string of the molecule is COc1cc(C(=S)N2CCOCC2)cc(Br)c1OC(=O)c1ccccc1F. The fourth-order valence-corrected chi connectivity index (χ4v) is 3.49. The summed E-state index contributed by atoms with van der Waals surface area (Å²) in [5.74, 6) is -0.975. The fourth-order valence-electron chi connectivity index (χ4n) is 2.67. The summed E-state index contributed by atoms with van der Waals surface area (Å²) in [7, 11) is 1.46. The van der Waals surface area contributed by atoms with Crippen LogP contribution in [0.3, 0.4) is 0 Å². The number of thiocarbonyl (C=S) groups is 1. The standard InChI is InChI=1S/C19H17BrFNO4S/c1-24-16-11-12(18(27)22-6-8-25-9-7-22)10-14(20)17(16)26-19(23)13-4-2-3-5-15(13)21/h2-5,10-11H,6-9H2,1H3. The summed E-state index contributed by atoms with van der Waals surface area (Å²) in [6, 6.07) is 9.09. The molecule has 27 heavy (non-hydrogen) atoms. The predicted molar refractivity (Wildman–Crippen MR) is 106 cm³/mol. The molecule has 1 fully saturated rings. The molecule has 142 valence electrons. The quantitative estimate of drug-likeness (QED) is 0.398. The Morgan fingerprint density at radius 3 is 2.63 bits per heavy atom. The van der Waals surface area contributed by atoms with Crippen LogP contribution in [0.15, 0.2) is 40.9 Å². The van der Waals surface area contributed by atoms with Gasteiger partial charge in [-0.15, -0.1) is 0 Å². The molecule has 0 N–H and O–H groups in total. The average Bonchev–Trinajstić information content (AvgIpc) is 2.69. The highest BCUT2D eigenvalue weighted by molar-refractivity contribution is 9.10. The predicted octanol–water partition coefficient (Wildman–Crippen LogP) is 3.82. The Bertz CT molecular complexity index is 871. The minimum Gasteiger partial charge on any atom is -0.493 e. The molecule has 5 nitrogen and oxygen atoms in total. The number of esters is 1. The monoisotopic (exact) mass is 453 g/mol. The molecule has 0 bridgehead atoms. The number of nitrogens with zero attached hydrogens (tertiary/aromatic N) is 1. The summed E-state index contributed by atoms with van der Waals surface area (Å²) in [5, 5.41) is 0. The van der Waals surface area contributed by atoms with Gasteiger partial charge in [0.1, 0.15) is 10.8 Å². The molecule has 8 heteroatoms. The van der Waals surface area contributed by atoms with Crippen molar-refractivity contribution in [2.24, 2.45) is 0 Å². The zero-order chi connectivity index (χ0) is 19.4. The lowest BCUT2D eigenvalue weighted by atomic mass is 10.1. The van der Waals surface area contributed by atoms with Gasteiger partial charge < -0.3 is 19.1 Å². The maximum Gasteiger partial charge on any atom is 0.346 e. The molecule has 1 aliphatic heterocycles. The van der Waals surface area contributed by atoms with Gasteiger partial charge in [-0.3, -0.25) is 0 Å². The highest BCUT2D eigenvalue weighted by Gasteiger charge is 2.22. The molecule has 1 heterocycles. The van der Waals surface area contributed by atoms with Crippen molar-refractivity contribution in [2.45, 2.75) is 0 Å². The van der Waals surface area contributed by atoms with Crippen molar-refractivity contribution < 1.29 is 23.4 Å². The first-order valence-corrected chi connectivity index (χ1v) is 9.42. The zero-order valence-corrected chi connectivity index (χ0v) is 16.9. The smallest absolute Gasteiger partial charge is 0.346 e. The zero-order valence-electron chi connectivity index (χ0n) is 14.5. The summed E-state index contributed by atoms with van der Waals surface area (Å²) in [4.78, 5) is 15.0. The van der Waals surface area contributed by atoms with E-state index in [9.17, 15) is 9.18 Å². The summed E-state index contributed by atoms with van der Waals surface area (Å²) >= 11 is 8.97. The van der Waals surface area contributed by atoms with Crippen LogP contribution >= 0.6 is 28.1 Å². The van der Waals surface area contributed by atoms with Crippen LogP contribution in [0.1, 0.15) is 15.9 Å². The largest absolute Gasteiger partial charge is 0.493 e. The van der Waals surface area contributed by atoms with Gasteiger partial charge in [0.05, 0.1) is 30.4 Å². The van der Waals surface area contributed by atoms with E-state index in [0.29, 0.717) is 41.5 Å². The average molecular weight is 454 g/mol. The van der Waals surface area contributed by atoms with Gasteiger partial charge in [-0.1, -0.05) is 24.4 Å². The first-order valence-electron chi connectivity index (χ1n) is 8.22. The van der Waals surface area contributed by atoms with Crippen LogP contribution in [0.4, 0.5) is 4.39 Å². The molecule has 0 amide bonds. The number of hydrogen-bond donors (Lipinski definition) is 0. The molecule has 0 atom stereocenters. The Morgan fingerprint density at radius 2 is 1.96 bits per heavy atom. The summed E-state index contributed by atoms with van der Waals surface area (Å²) in [5.41, 5.74) is 0.598. The van der Waals surface area contributed by atoms with E-state index in [0.717, 1.165) is 5.56 Å². The molecule has 0 unspecified atom stereocenters. The highest BCUT2D eigenvalue weighted by atomic mass is 79.9. The second kappa shape index (κ2) is 8.77. The number of halogens is 2. The van der Waals surface area contributed by atoms with Crippen LogP contribution in [-0.2, 0) is 4.74 Å². The van der Waals surface area contributed by atoms with Crippen molar-refractivity contribution >= 4 is 39.1 Å². The van der Waals surface area contributed by atoms with E-state index >= 15 is 0 Å². The molecule has 0 aromatic heterocycles. The number of hydrogen-bond acceptors (Lipinski definition) is 5. The van der Waals surface area contributed by atoms with Crippen LogP contribution in [-0.4, -0.2) is 49.3 Å². The Kier molecular flexibility index (Phi) is 6.41. The third-order valence-electron chi connectivity index (χ3n) is 4.06. The van der Waals surface area contributed by atoms with Gasteiger partial charge in [-0.05, 0) is 40.2 Å². The van der Waals surface area contributed by atoms with E-state index in [1.807, 2.05) is 4.90 Å². The lowest BCUT2D eigenvalue weighted by Crippen LogP contribution is -2.40. The maximum atomic E-state index is 13.8. The number of methoxy groups -OCH3 is 1. The van der Waals surface area contributed by atoms with Crippen LogP contribution in [0.25, 0.3) is 0 Å². The third kappa shape index (κ3) is 4.45. The minimum atomic E-state index is -0.810. The van der Waals surface area contributed by atoms with Crippen molar-refractivity contribution in [3.63, 3.8) is 0 Å². The number of rotatable bonds is 4. The molecular weight excluding hydrogens is 437 g/mol. The van der Waals surface area contributed by atoms with Crippen LogP contribution < -0.4 is 9.47 Å². The maximum absolute atomic E-state index is 13.8. The van der Waals surface area contributed by atoms with E-state index in [-0.39, 0.29) is 11.3 Å². The van der Waals surface area contributed by atoms with Gasteiger partial charge in [0.2, 0.25) is 0 Å². The summed E-state index contributed by atoms with van der Waals surface area (Å²) in [6.07, 6.45) is 0. The van der Waals surface area contributed by atoms with Crippen molar-refractivity contribution in [2.75, 3.05) is 33.4 Å². The van der Waals surface area contributed by atoms with Gasteiger partial charge in [-0.25, -0.2) is 9.18 Å². The molecule has 0 spiro atoms. The lowest BCUT2D eigenvalue weighted by molar-refractivity contribution is 0.0692. The fraction of sp³-hybridized carbons (Fsp3) is 0.263. The van der Waals surface area contributed by atoms with E-state index in [1.165, 1.54) is 25.3 Å². The Hall–Kier alpha value is -2.03. The molecular formula is C19H17BrFNO4S. The molecule has 2 aromatic carbocycles. The summed E-state index contributed by atoms with van der Waals surface area (Å²) < 4.78 is 30.4. The normalized spacial score (nSPS) is 14.0. The van der Waals surface area contributed by atoms with Crippen molar-refractivity contribution in [3.8, 4) is 11.5 Å². The van der Waals surface area contributed by atoms with E-state index in [1.54, 1.807) is 18.2 Å². The van der Waals surface area contributed by atoms with Crippen molar-refractivity contribution in [1.29, 1.82) is 0 Å². The molecule has 0 radical (unpaired) electrons. The van der Waals surface area contributed by atoms with E-state index < -0.39 is 11.8 Å². The lowest BCUT2D eigenvalue weighted by Gasteiger charge is -2.29. The van der Waals surface area contributed by atoms with Crippen molar-refractivity contribution in [3.05, 3.63) is 57.8 Å². The minimum absolute atomic E-state index is 0.153. The molecule has 0 aliphatic carbocycles. The molecule has 1 saturated heterocycles. The van der Waals surface area contributed by atoms with Gasteiger partial charge in [-0.2, -0.15) is 0 Å². The number of carbonyl (C=O) groups is 1.